The van der Waals surface area contributed by atoms with E-state index in [9.17, 15) is 4.79 Å². The number of hydrogen-bond acceptors (Lipinski definition) is 6. The summed E-state index contributed by atoms with van der Waals surface area (Å²) in [5.74, 6) is 1.34. The van der Waals surface area contributed by atoms with Crippen LogP contribution in [0.4, 0.5) is 5.69 Å². The molecule has 3 aromatic rings. The van der Waals surface area contributed by atoms with E-state index in [2.05, 4.69) is 26.0 Å². The Labute approximate surface area is 138 Å². The molecule has 0 radical (unpaired) electrons. The van der Waals surface area contributed by atoms with E-state index in [0.29, 0.717) is 24.4 Å². The molecule has 124 valence electrons. The second-order valence-corrected chi connectivity index (χ2v) is 5.56. The Morgan fingerprint density at radius 2 is 2.17 bits per heavy atom. The first-order chi connectivity index (χ1) is 11.5. The van der Waals surface area contributed by atoms with E-state index < -0.39 is 0 Å². The van der Waals surface area contributed by atoms with Gasteiger partial charge in [0.15, 0.2) is 5.82 Å². The largest absolute Gasteiger partial charge is 0.361 e. The zero-order valence-electron chi connectivity index (χ0n) is 13.8. The van der Waals surface area contributed by atoms with Crippen LogP contribution in [-0.4, -0.2) is 31.3 Å². The van der Waals surface area contributed by atoms with E-state index in [-0.39, 0.29) is 5.91 Å². The average Bonchev–Trinajstić information content (AvgIpc) is 3.12. The highest BCUT2D eigenvalue weighted by Gasteiger charge is 2.12. The SMILES string of the molecule is Cc1noc(C)c1CCC(=O)Nc1cccc(-c2nnnn2C)c1. The number of benzene rings is 1. The van der Waals surface area contributed by atoms with E-state index in [0.717, 1.165) is 22.6 Å². The third kappa shape index (κ3) is 3.32. The normalized spacial score (nSPS) is 10.8. The molecule has 0 saturated heterocycles. The lowest BCUT2D eigenvalue weighted by molar-refractivity contribution is -0.116. The summed E-state index contributed by atoms with van der Waals surface area (Å²) in [6.45, 7) is 3.73. The molecule has 24 heavy (non-hydrogen) atoms. The minimum atomic E-state index is -0.0664. The van der Waals surface area contributed by atoms with Crippen molar-refractivity contribution in [2.75, 3.05) is 5.32 Å². The van der Waals surface area contributed by atoms with E-state index in [1.807, 2.05) is 38.1 Å². The highest BCUT2D eigenvalue weighted by atomic mass is 16.5. The van der Waals surface area contributed by atoms with Crippen LogP contribution in [0, 0.1) is 13.8 Å². The Balaban J connectivity index is 1.66. The summed E-state index contributed by atoms with van der Waals surface area (Å²) in [5.41, 5.74) is 3.37. The Morgan fingerprint density at radius 1 is 1.33 bits per heavy atom. The molecule has 0 atom stereocenters. The summed E-state index contributed by atoms with van der Waals surface area (Å²) >= 11 is 0. The van der Waals surface area contributed by atoms with Gasteiger partial charge in [-0.05, 0) is 42.8 Å². The molecule has 0 fully saturated rings. The van der Waals surface area contributed by atoms with Crippen LogP contribution in [0.2, 0.25) is 0 Å². The van der Waals surface area contributed by atoms with Crippen molar-refractivity contribution in [3.8, 4) is 11.4 Å². The maximum atomic E-state index is 12.2. The fourth-order valence-electron chi connectivity index (χ4n) is 2.53. The Kier molecular flexibility index (Phi) is 4.37. The second-order valence-electron chi connectivity index (χ2n) is 5.56. The van der Waals surface area contributed by atoms with Crippen molar-refractivity contribution in [2.24, 2.45) is 7.05 Å². The van der Waals surface area contributed by atoms with E-state index in [1.165, 1.54) is 0 Å². The summed E-state index contributed by atoms with van der Waals surface area (Å²) in [5, 5.41) is 18.2. The molecule has 1 amide bonds. The smallest absolute Gasteiger partial charge is 0.224 e. The number of rotatable bonds is 5. The van der Waals surface area contributed by atoms with Crippen molar-refractivity contribution >= 4 is 11.6 Å². The summed E-state index contributed by atoms with van der Waals surface area (Å²) in [6, 6.07) is 7.43. The van der Waals surface area contributed by atoms with Crippen molar-refractivity contribution < 1.29 is 9.32 Å². The first kappa shape index (κ1) is 15.9. The molecule has 0 spiro atoms. The van der Waals surface area contributed by atoms with Crippen molar-refractivity contribution in [1.29, 1.82) is 0 Å². The zero-order chi connectivity index (χ0) is 17.1. The molecule has 8 nitrogen and oxygen atoms in total. The number of aromatic nitrogens is 5. The van der Waals surface area contributed by atoms with Crippen LogP contribution in [0.1, 0.15) is 23.4 Å². The van der Waals surface area contributed by atoms with Gasteiger partial charge >= 0.3 is 0 Å². The van der Waals surface area contributed by atoms with E-state index in [1.54, 1.807) is 11.7 Å². The maximum absolute atomic E-state index is 12.2. The van der Waals surface area contributed by atoms with Crippen LogP contribution >= 0.6 is 0 Å². The Bertz CT molecular complexity index is 848. The molecule has 1 N–H and O–H groups in total. The van der Waals surface area contributed by atoms with Gasteiger partial charge < -0.3 is 9.84 Å². The lowest BCUT2D eigenvalue weighted by atomic mass is 10.1. The van der Waals surface area contributed by atoms with Gasteiger partial charge in [-0.3, -0.25) is 4.79 Å². The molecule has 0 unspecified atom stereocenters. The van der Waals surface area contributed by atoms with E-state index >= 15 is 0 Å². The van der Waals surface area contributed by atoms with Crippen molar-refractivity contribution in [2.45, 2.75) is 26.7 Å². The van der Waals surface area contributed by atoms with Crippen molar-refractivity contribution in [3.63, 3.8) is 0 Å². The van der Waals surface area contributed by atoms with Crippen LogP contribution in [0.25, 0.3) is 11.4 Å². The highest BCUT2D eigenvalue weighted by molar-refractivity contribution is 5.91. The molecule has 3 rings (SSSR count). The minimum Gasteiger partial charge on any atom is -0.361 e. The van der Waals surface area contributed by atoms with Crippen LogP contribution < -0.4 is 5.32 Å². The molecular weight excluding hydrogens is 308 g/mol. The molecule has 0 bridgehead atoms. The quantitative estimate of drug-likeness (QED) is 0.770. The van der Waals surface area contributed by atoms with Gasteiger partial charge in [0.05, 0.1) is 5.69 Å². The molecular formula is C16H18N6O2. The molecule has 8 heteroatoms. The minimum absolute atomic E-state index is 0.0664. The van der Waals surface area contributed by atoms with Gasteiger partial charge in [0.1, 0.15) is 5.76 Å². The monoisotopic (exact) mass is 326 g/mol. The predicted molar refractivity (Wildman–Crippen MR) is 87.2 cm³/mol. The number of nitrogens with zero attached hydrogens (tertiary/aromatic N) is 5. The topological polar surface area (TPSA) is 98.7 Å². The van der Waals surface area contributed by atoms with Gasteiger partial charge in [-0.1, -0.05) is 17.3 Å². The first-order valence-corrected chi connectivity index (χ1v) is 7.59. The molecule has 0 aliphatic rings. The van der Waals surface area contributed by atoms with Crippen LogP contribution in [0.3, 0.4) is 0 Å². The summed E-state index contributed by atoms with van der Waals surface area (Å²) in [6.07, 6.45) is 0.957. The lowest BCUT2D eigenvalue weighted by Crippen LogP contribution is -2.12. The lowest BCUT2D eigenvalue weighted by Gasteiger charge is -2.07. The van der Waals surface area contributed by atoms with Crippen LogP contribution in [0.15, 0.2) is 28.8 Å². The predicted octanol–water partition coefficient (Wildman–Crippen LogP) is 2.05. The summed E-state index contributed by atoms with van der Waals surface area (Å²) < 4.78 is 6.69. The summed E-state index contributed by atoms with van der Waals surface area (Å²) in [7, 11) is 1.77. The van der Waals surface area contributed by atoms with E-state index in [4.69, 9.17) is 4.52 Å². The van der Waals surface area contributed by atoms with Gasteiger partial charge in [-0.25, -0.2) is 4.68 Å². The number of carbonyl (C=O) groups is 1. The fraction of sp³-hybridized carbons (Fsp3) is 0.312. The van der Waals surface area contributed by atoms with Gasteiger partial charge in [0.25, 0.3) is 0 Å². The number of amides is 1. The van der Waals surface area contributed by atoms with Gasteiger partial charge in [0, 0.05) is 30.3 Å². The molecule has 2 heterocycles. The van der Waals surface area contributed by atoms with Crippen molar-refractivity contribution in [1.82, 2.24) is 25.4 Å². The second kappa shape index (κ2) is 6.61. The third-order valence-electron chi connectivity index (χ3n) is 3.81. The molecule has 0 saturated carbocycles. The fourth-order valence-corrected chi connectivity index (χ4v) is 2.53. The molecule has 1 aromatic carbocycles. The van der Waals surface area contributed by atoms with Gasteiger partial charge in [0.2, 0.25) is 5.91 Å². The van der Waals surface area contributed by atoms with Crippen molar-refractivity contribution in [3.05, 3.63) is 41.3 Å². The molecule has 0 aliphatic heterocycles. The molecule has 2 aromatic heterocycles. The highest BCUT2D eigenvalue weighted by Crippen LogP contribution is 2.20. The maximum Gasteiger partial charge on any atom is 0.224 e. The number of carbonyl (C=O) groups excluding carboxylic acids is 1. The zero-order valence-corrected chi connectivity index (χ0v) is 13.8. The first-order valence-electron chi connectivity index (χ1n) is 7.59. The van der Waals surface area contributed by atoms with Gasteiger partial charge in [-0.2, -0.15) is 0 Å². The van der Waals surface area contributed by atoms with Gasteiger partial charge in [-0.15, -0.1) is 5.10 Å². The van der Waals surface area contributed by atoms with Crippen LogP contribution in [0.5, 0.6) is 0 Å². The summed E-state index contributed by atoms with van der Waals surface area (Å²) in [4.78, 5) is 12.2. The number of anilines is 1. The Hall–Kier alpha value is -3.03. The standard InChI is InChI=1S/C16H18N6O2/c1-10-14(11(2)24-19-10)7-8-15(23)17-13-6-4-5-12(9-13)16-18-20-21-22(16)3/h4-6,9H,7-8H2,1-3H3,(H,17,23). The average molecular weight is 326 g/mol. The number of hydrogen-bond donors (Lipinski definition) is 1. The third-order valence-corrected chi connectivity index (χ3v) is 3.81. The van der Waals surface area contributed by atoms with Crippen LogP contribution in [-0.2, 0) is 18.3 Å². The number of nitrogens with one attached hydrogen (secondary N) is 1. The molecule has 0 aliphatic carbocycles. The number of tetrazole rings is 1. The number of aryl methyl sites for hydroxylation is 3. The Morgan fingerprint density at radius 3 is 2.83 bits per heavy atom.